The van der Waals surface area contributed by atoms with Crippen LogP contribution in [-0.4, -0.2) is 0 Å². The van der Waals surface area contributed by atoms with Crippen LogP contribution in [0, 0.1) is 17.1 Å². The Morgan fingerprint density at radius 3 is 3.00 bits per heavy atom. The van der Waals surface area contributed by atoms with Crippen molar-refractivity contribution in [2.75, 3.05) is 0 Å². The number of hydrogen-bond donors (Lipinski definition) is 1. The maximum atomic E-state index is 13.3. The predicted molar refractivity (Wildman–Crippen MR) is 77.1 cm³/mol. The average Bonchev–Trinajstić information content (AvgIpc) is 2.87. The van der Waals surface area contributed by atoms with Gasteiger partial charge in [-0.1, -0.05) is 12.1 Å². The summed E-state index contributed by atoms with van der Waals surface area (Å²) in [5.41, 5.74) is 9.27. The molecule has 0 saturated carbocycles. The number of halogens is 1. The number of benzene rings is 2. The first kappa shape index (κ1) is 13.6. The number of nitrogens with two attached hydrogens (primary N) is 1. The zero-order chi connectivity index (χ0) is 14.8. The van der Waals surface area contributed by atoms with E-state index in [1.54, 1.807) is 0 Å². The fraction of sp³-hybridized carbons (Fsp3) is 0.235. The Hall–Kier alpha value is -2.38. The summed E-state index contributed by atoms with van der Waals surface area (Å²) in [4.78, 5) is 0. The molecule has 0 amide bonds. The molecule has 1 aliphatic carbocycles. The lowest BCUT2D eigenvalue weighted by Gasteiger charge is -2.12. The van der Waals surface area contributed by atoms with Crippen molar-refractivity contribution in [3.63, 3.8) is 0 Å². The summed E-state index contributed by atoms with van der Waals surface area (Å²) < 4.78 is 19.1. The SMILES string of the molecule is N#Cc1ccc(F)cc1COc1cccc2c1CCC2N. The van der Waals surface area contributed by atoms with Crippen LogP contribution >= 0.6 is 0 Å². The van der Waals surface area contributed by atoms with E-state index in [2.05, 4.69) is 6.07 Å². The van der Waals surface area contributed by atoms with Crippen molar-refractivity contribution in [3.8, 4) is 11.8 Å². The summed E-state index contributed by atoms with van der Waals surface area (Å²) in [6.07, 6.45) is 1.81. The van der Waals surface area contributed by atoms with E-state index >= 15 is 0 Å². The van der Waals surface area contributed by atoms with E-state index in [0.29, 0.717) is 11.1 Å². The van der Waals surface area contributed by atoms with Crippen LogP contribution in [0.5, 0.6) is 5.75 Å². The van der Waals surface area contributed by atoms with Gasteiger partial charge in [-0.25, -0.2) is 4.39 Å². The quantitative estimate of drug-likeness (QED) is 0.940. The van der Waals surface area contributed by atoms with Crippen molar-refractivity contribution >= 4 is 0 Å². The minimum atomic E-state index is -0.368. The van der Waals surface area contributed by atoms with Crippen molar-refractivity contribution in [2.24, 2.45) is 5.73 Å². The van der Waals surface area contributed by atoms with E-state index in [9.17, 15) is 4.39 Å². The molecule has 4 heteroatoms. The first-order chi connectivity index (χ1) is 10.2. The molecule has 2 aromatic carbocycles. The Morgan fingerprint density at radius 2 is 2.19 bits per heavy atom. The molecule has 106 valence electrons. The first-order valence-corrected chi connectivity index (χ1v) is 6.87. The van der Waals surface area contributed by atoms with Gasteiger partial charge in [-0.3, -0.25) is 0 Å². The molecule has 3 nitrogen and oxygen atoms in total. The van der Waals surface area contributed by atoms with Gasteiger partial charge in [0.2, 0.25) is 0 Å². The molecule has 1 aliphatic rings. The largest absolute Gasteiger partial charge is 0.489 e. The predicted octanol–water partition coefficient (Wildman–Crippen LogP) is 3.22. The number of nitriles is 1. The molecule has 2 N–H and O–H groups in total. The third kappa shape index (κ3) is 2.61. The summed E-state index contributed by atoms with van der Waals surface area (Å²) >= 11 is 0. The van der Waals surface area contributed by atoms with Crippen LogP contribution in [0.25, 0.3) is 0 Å². The summed E-state index contributed by atoms with van der Waals surface area (Å²) in [6.45, 7) is 0.173. The van der Waals surface area contributed by atoms with Crippen LogP contribution in [0.1, 0.15) is 34.7 Å². The van der Waals surface area contributed by atoms with Gasteiger partial charge < -0.3 is 10.5 Å². The lowest BCUT2D eigenvalue weighted by atomic mass is 10.1. The minimum Gasteiger partial charge on any atom is -0.489 e. The standard InChI is InChI=1S/C17H15FN2O/c18-13-5-4-11(9-19)12(8-13)10-21-17-3-1-2-14-15(17)6-7-16(14)20/h1-5,8,16H,6-7,10,20H2. The van der Waals surface area contributed by atoms with Crippen molar-refractivity contribution in [1.82, 2.24) is 0 Å². The molecule has 0 aromatic heterocycles. The minimum absolute atomic E-state index is 0.0624. The summed E-state index contributed by atoms with van der Waals surface area (Å²) in [7, 11) is 0. The molecule has 0 radical (unpaired) electrons. The van der Waals surface area contributed by atoms with E-state index < -0.39 is 0 Å². The molecule has 21 heavy (non-hydrogen) atoms. The van der Waals surface area contributed by atoms with Gasteiger partial charge in [-0.2, -0.15) is 5.26 Å². The average molecular weight is 282 g/mol. The van der Waals surface area contributed by atoms with Crippen molar-refractivity contribution in [3.05, 3.63) is 64.5 Å². The van der Waals surface area contributed by atoms with Gasteiger partial charge in [0, 0.05) is 11.6 Å². The van der Waals surface area contributed by atoms with Crippen LogP contribution in [0.3, 0.4) is 0 Å². The Kier molecular flexibility index (Phi) is 3.59. The van der Waals surface area contributed by atoms with Crippen LogP contribution in [-0.2, 0) is 13.0 Å². The van der Waals surface area contributed by atoms with Gasteiger partial charge in [-0.05, 0) is 48.2 Å². The second-order valence-electron chi connectivity index (χ2n) is 5.17. The van der Waals surface area contributed by atoms with E-state index in [1.165, 1.54) is 18.2 Å². The first-order valence-electron chi connectivity index (χ1n) is 6.87. The molecule has 0 aliphatic heterocycles. The Labute approximate surface area is 122 Å². The summed E-state index contributed by atoms with van der Waals surface area (Å²) in [5, 5.41) is 9.05. The highest BCUT2D eigenvalue weighted by Crippen LogP contribution is 2.35. The molecule has 0 fully saturated rings. The number of fused-ring (bicyclic) bond motifs is 1. The number of rotatable bonds is 3. The van der Waals surface area contributed by atoms with Crippen molar-refractivity contribution in [2.45, 2.75) is 25.5 Å². The molecule has 0 bridgehead atoms. The number of nitrogens with zero attached hydrogens (tertiary/aromatic N) is 1. The maximum Gasteiger partial charge on any atom is 0.123 e. The smallest absolute Gasteiger partial charge is 0.123 e. The van der Waals surface area contributed by atoms with Crippen LogP contribution in [0.15, 0.2) is 36.4 Å². The van der Waals surface area contributed by atoms with Crippen LogP contribution in [0.2, 0.25) is 0 Å². The normalized spacial score (nSPS) is 16.3. The van der Waals surface area contributed by atoms with Gasteiger partial charge in [0.15, 0.2) is 0 Å². The van der Waals surface area contributed by atoms with Crippen LogP contribution in [0.4, 0.5) is 4.39 Å². The highest BCUT2D eigenvalue weighted by molar-refractivity contribution is 5.45. The third-order valence-corrected chi connectivity index (χ3v) is 3.85. The topological polar surface area (TPSA) is 59.0 Å². The van der Waals surface area contributed by atoms with Gasteiger partial charge in [0.1, 0.15) is 18.2 Å². The fourth-order valence-corrected chi connectivity index (χ4v) is 2.73. The molecule has 2 aromatic rings. The van der Waals surface area contributed by atoms with E-state index in [1.807, 2.05) is 18.2 Å². The highest BCUT2D eigenvalue weighted by atomic mass is 19.1. The summed E-state index contributed by atoms with van der Waals surface area (Å²) in [5.74, 6) is 0.404. The monoisotopic (exact) mass is 282 g/mol. The number of hydrogen-bond acceptors (Lipinski definition) is 3. The third-order valence-electron chi connectivity index (χ3n) is 3.85. The molecule has 1 unspecified atom stereocenters. The maximum absolute atomic E-state index is 13.3. The lowest BCUT2D eigenvalue weighted by molar-refractivity contribution is 0.302. The van der Waals surface area contributed by atoms with E-state index in [-0.39, 0.29) is 18.5 Å². The van der Waals surface area contributed by atoms with Gasteiger partial charge in [0.25, 0.3) is 0 Å². The highest BCUT2D eigenvalue weighted by Gasteiger charge is 2.22. The molecule has 1 atom stereocenters. The van der Waals surface area contributed by atoms with E-state index in [4.69, 9.17) is 15.7 Å². The Balaban J connectivity index is 1.84. The second-order valence-corrected chi connectivity index (χ2v) is 5.17. The summed E-state index contributed by atoms with van der Waals surface area (Å²) in [6, 6.07) is 12.0. The molecule has 0 spiro atoms. The molecule has 0 saturated heterocycles. The zero-order valence-electron chi connectivity index (χ0n) is 11.5. The van der Waals surface area contributed by atoms with Crippen molar-refractivity contribution < 1.29 is 9.13 Å². The Morgan fingerprint density at radius 1 is 1.33 bits per heavy atom. The van der Waals surface area contributed by atoms with Gasteiger partial charge >= 0.3 is 0 Å². The fourth-order valence-electron chi connectivity index (χ4n) is 2.73. The Bertz CT molecular complexity index is 721. The molecular weight excluding hydrogens is 267 g/mol. The van der Waals surface area contributed by atoms with Crippen LogP contribution < -0.4 is 10.5 Å². The zero-order valence-corrected chi connectivity index (χ0v) is 11.5. The van der Waals surface area contributed by atoms with Crippen molar-refractivity contribution in [1.29, 1.82) is 5.26 Å². The van der Waals surface area contributed by atoms with Gasteiger partial charge in [-0.15, -0.1) is 0 Å². The molecule has 3 rings (SSSR count). The second kappa shape index (κ2) is 5.55. The molecule has 0 heterocycles. The molecular formula is C17H15FN2O. The lowest BCUT2D eigenvalue weighted by Crippen LogP contribution is -2.05. The number of ether oxygens (including phenoxy) is 1. The van der Waals surface area contributed by atoms with Gasteiger partial charge in [0.05, 0.1) is 11.6 Å². The van der Waals surface area contributed by atoms with E-state index in [0.717, 1.165) is 29.7 Å².